The lowest BCUT2D eigenvalue weighted by Gasteiger charge is -2.24. The number of fused-ring (bicyclic) bond motifs is 9. The molecule has 0 saturated carbocycles. The van der Waals surface area contributed by atoms with Gasteiger partial charge in [0.05, 0.1) is 17.1 Å². The first-order chi connectivity index (χ1) is 25.8. The van der Waals surface area contributed by atoms with Gasteiger partial charge in [0.2, 0.25) is 0 Å². The van der Waals surface area contributed by atoms with Crippen LogP contribution in [0.2, 0.25) is 0 Å². The average Bonchev–Trinajstić information content (AvgIpc) is 3.73. The third-order valence-corrected chi connectivity index (χ3v) is 11.5. The van der Waals surface area contributed by atoms with Gasteiger partial charge in [-0.25, -0.2) is 0 Å². The Kier molecular flexibility index (Phi) is 6.54. The second-order valence-corrected chi connectivity index (χ2v) is 14.3. The topological polar surface area (TPSA) is 9.86 Å². The highest BCUT2D eigenvalue weighted by Gasteiger charge is 2.24. The summed E-state index contributed by atoms with van der Waals surface area (Å²) in [4.78, 5) is 0. The molecular formula is C50H36N2. The largest absolute Gasteiger partial charge is 0.337 e. The van der Waals surface area contributed by atoms with Crippen LogP contribution >= 0.6 is 0 Å². The Morgan fingerprint density at radius 1 is 0.519 bits per heavy atom. The summed E-state index contributed by atoms with van der Waals surface area (Å²) >= 11 is 0. The smallest absolute Gasteiger partial charge is 0.0557 e. The van der Waals surface area contributed by atoms with Crippen molar-refractivity contribution in [2.45, 2.75) is 25.3 Å². The maximum Gasteiger partial charge on any atom is 0.0557 e. The SMILES string of the molecule is C1=Cc2c(n(C3C=CC(c4cc5ccccc5c5ccccc45)=CC3)c3ccc(-c4ccc5c(c4)c4ccccc4n5-c4ccccc4)cc23)CC1. The fraction of sp³-hybridized carbons (Fsp3) is 0.0800. The van der Waals surface area contributed by atoms with Gasteiger partial charge in [-0.3, -0.25) is 0 Å². The van der Waals surface area contributed by atoms with Gasteiger partial charge in [-0.2, -0.15) is 0 Å². The molecule has 2 aliphatic carbocycles. The number of aromatic nitrogens is 2. The summed E-state index contributed by atoms with van der Waals surface area (Å²) in [5, 5.41) is 9.16. The minimum absolute atomic E-state index is 0.277. The van der Waals surface area contributed by atoms with Gasteiger partial charge in [0.25, 0.3) is 0 Å². The highest BCUT2D eigenvalue weighted by molar-refractivity contribution is 6.13. The van der Waals surface area contributed by atoms with E-state index in [-0.39, 0.29) is 6.04 Å². The van der Waals surface area contributed by atoms with Crippen LogP contribution in [0.15, 0.2) is 170 Å². The van der Waals surface area contributed by atoms with Gasteiger partial charge in [0.1, 0.15) is 0 Å². The predicted molar refractivity (Wildman–Crippen MR) is 221 cm³/mol. The van der Waals surface area contributed by atoms with Crippen LogP contribution in [-0.2, 0) is 6.42 Å². The van der Waals surface area contributed by atoms with Crippen molar-refractivity contribution < 1.29 is 0 Å². The van der Waals surface area contributed by atoms with Crippen molar-refractivity contribution in [1.82, 2.24) is 9.13 Å². The summed E-state index contributed by atoms with van der Waals surface area (Å²) in [5.41, 5.74) is 13.0. The molecule has 0 spiro atoms. The highest BCUT2D eigenvalue weighted by Crippen LogP contribution is 2.42. The first-order valence-corrected chi connectivity index (χ1v) is 18.5. The standard InChI is InChI=1S/C50H36N2/c1-2-13-37(14-3-1)51-47-20-10-8-18-42(47)45-30-34(24-28-49(45)51)35-25-29-50-46(31-35)43-19-9-11-21-48(43)52(50)38-26-22-33(23-27-38)44-32-36-12-4-5-15-39(36)40-16-6-7-17-41(40)44/h1-10,12-20,22-26,28-32,38H,11,21,27H2. The normalized spacial score (nSPS) is 15.6. The highest BCUT2D eigenvalue weighted by atomic mass is 15.0. The molecule has 9 aromatic rings. The number of hydrogen-bond acceptors (Lipinski definition) is 0. The fourth-order valence-corrected chi connectivity index (χ4v) is 9.11. The van der Waals surface area contributed by atoms with Gasteiger partial charge in [0.15, 0.2) is 0 Å². The second kappa shape index (κ2) is 11.6. The Morgan fingerprint density at radius 2 is 1.21 bits per heavy atom. The molecule has 0 saturated heterocycles. The Bertz CT molecular complexity index is 2980. The van der Waals surface area contributed by atoms with Crippen LogP contribution in [0.1, 0.15) is 35.7 Å². The molecule has 2 nitrogen and oxygen atoms in total. The lowest BCUT2D eigenvalue weighted by atomic mass is 9.90. The molecule has 7 aromatic carbocycles. The monoisotopic (exact) mass is 664 g/mol. The van der Waals surface area contributed by atoms with Crippen molar-refractivity contribution in [2.24, 2.45) is 0 Å². The molecule has 1 unspecified atom stereocenters. The van der Waals surface area contributed by atoms with Crippen molar-refractivity contribution in [2.75, 3.05) is 0 Å². The molecule has 11 rings (SSSR count). The van der Waals surface area contributed by atoms with Gasteiger partial charge in [-0.1, -0.05) is 127 Å². The van der Waals surface area contributed by atoms with Crippen molar-refractivity contribution in [3.8, 4) is 16.8 Å². The van der Waals surface area contributed by atoms with Crippen molar-refractivity contribution >= 4 is 65.9 Å². The van der Waals surface area contributed by atoms with Gasteiger partial charge in [-0.05, 0) is 112 Å². The van der Waals surface area contributed by atoms with Gasteiger partial charge >= 0.3 is 0 Å². The predicted octanol–water partition coefficient (Wildman–Crippen LogP) is 13.3. The Morgan fingerprint density at radius 3 is 2.04 bits per heavy atom. The van der Waals surface area contributed by atoms with E-state index in [0.717, 1.165) is 19.3 Å². The number of rotatable bonds is 4. The van der Waals surface area contributed by atoms with E-state index in [1.165, 1.54) is 93.5 Å². The Labute approximate surface area is 302 Å². The van der Waals surface area contributed by atoms with Crippen LogP contribution in [0.25, 0.3) is 82.7 Å². The number of para-hydroxylation sites is 2. The molecule has 2 heterocycles. The molecule has 0 N–H and O–H groups in total. The van der Waals surface area contributed by atoms with Crippen molar-refractivity contribution in [3.63, 3.8) is 0 Å². The van der Waals surface area contributed by atoms with E-state index in [4.69, 9.17) is 0 Å². The van der Waals surface area contributed by atoms with E-state index in [0.29, 0.717) is 0 Å². The average molecular weight is 665 g/mol. The minimum Gasteiger partial charge on any atom is -0.337 e. The van der Waals surface area contributed by atoms with E-state index < -0.39 is 0 Å². The zero-order chi connectivity index (χ0) is 34.2. The summed E-state index contributed by atoms with van der Waals surface area (Å²) in [6.07, 6.45) is 15.1. The molecule has 0 aliphatic heterocycles. The molecule has 246 valence electrons. The van der Waals surface area contributed by atoms with E-state index >= 15 is 0 Å². The number of nitrogens with zero attached hydrogens (tertiary/aromatic N) is 2. The lowest BCUT2D eigenvalue weighted by Crippen LogP contribution is -2.12. The summed E-state index contributed by atoms with van der Waals surface area (Å²) in [5.74, 6) is 0. The fourth-order valence-electron chi connectivity index (χ4n) is 9.11. The lowest BCUT2D eigenvalue weighted by molar-refractivity contribution is 0.600. The number of benzene rings is 7. The Balaban J connectivity index is 0.996. The quantitative estimate of drug-likeness (QED) is 0.166. The molecule has 1 atom stereocenters. The Hall–Kier alpha value is -6.38. The molecule has 0 fully saturated rings. The van der Waals surface area contributed by atoms with Gasteiger partial charge in [0, 0.05) is 38.6 Å². The third kappa shape index (κ3) is 4.44. The second-order valence-electron chi connectivity index (χ2n) is 14.3. The van der Waals surface area contributed by atoms with Crippen LogP contribution in [0.4, 0.5) is 0 Å². The van der Waals surface area contributed by atoms with E-state index in [1.54, 1.807) is 0 Å². The van der Waals surface area contributed by atoms with E-state index in [9.17, 15) is 0 Å². The summed E-state index contributed by atoms with van der Waals surface area (Å²) in [6, 6.07) is 53.9. The summed E-state index contributed by atoms with van der Waals surface area (Å²) in [6.45, 7) is 0. The van der Waals surface area contributed by atoms with Crippen molar-refractivity contribution in [3.05, 3.63) is 187 Å². The summed E-state index contributed by atoms with van der Waals surface area (Å²) < 4.78 is 5.02. The number of allylic oxidation sites excluding steroid dienone is 5. The zero-order valence-corrected chi connectivity index (χ0v) is 28.8. The molecule has 2 aliphatic rings. The van der Waals surface area contributed by atoms with Crippen molar-refractivity contribution in [1.29, 1.82) is 0 Å². The molecule has 2 heteroatoms. The van der Waals surface area contributed by atoms with Gasteiger partial charge < -0.3 is 9.13 Å². The number of hydrogen-bond donors (Lipinski definition) is 0. The van der Waals surface area contributed by atoms with Crippen LogP contribution in [-0.4, -0.2) is 9.13 Å². The molecule has 0 amide bonds. The maximum atomic E-state index is 2.64. The molecular weight excluding hydrogens is 629 g/mol. The first kappa shape index (κ1) is 29.4. The summed E-state index contributed by atoms with van der Waals surface area (Å²) in [7, 11) is 0. The molecule has 52 heavy (non-hydrogen) atoms. The minimum atomic E-state index is 0.277. The third-order valence-electron chi connectivity index (χ3n) is 11.5. The molecule has 0 radical (unpaired) electrons. The van der Waals surface area contributed by atoms with Crippen LogP contribution in [0.3, 0.4) is 0 Å². The molecule has 0 bridgehead atoms. The maximum absolute atomic E-state index is 2.64. The van der Waals surface area contributed by atoms with E-state index in [1.807, 2.05) is 0 Å². The van der Waals surface area contributed by atoms with Crippen LogP contribution in [0.5, 0.6) is 0 Å². The van der Waals surface area contributed by atoms with Crippen LogP contribution < -0.4 is 0 Å². The van der Waals surface area contributed by atoms with E-state index in [2.05, 4.69) is 185 Å². The zero-order valence-electron chi connectivity index (χ0n) is 28.8. The first-order valence-electron chi connectivity index (χ1n) is 18.5. The van der Waals surface area contributed by atoms with Gasteiger partial charge in [-0.15, -0.1) is 0 Å². The van der Waals surface area contributed by atoms with Crippen LogP contribution in [0, 0.1) is 0 Å². The molecule has 2 aromatic heterocycles.